The number of hydrogen-bond acceptors (Lipinski definition) is 5. The molecule has 0 aliphatic carbocycles. The van der Waals surface area contributed by atoms with Crippen molar-refractivity contribution in [3.8, 4) is 5.75 Å². The van der Waals surface area contributed by atoms with Crippen LogP contribution >= 0.6 is 11.3 Å². The lowest BCUT2D eigenvalue weighted by atomic mass is 10.4. The lowest BCUT2D eigenvalue weighted by Crippen LogP contribution is -2.28. The Bertz CT molecular complexity index is 490. The largest absolute Gasteiger partial charge is 0.492 e. The number of rotatable bonds is 4. The molecule has 16 heavy (non-hydrogen) atoms. The van der Waals surface area contributed by atoms with E-state index in [9.17, 15) is 13.2 Å². The minimum atomic E-state index is -3.54. The van der Waals surface area contributed by atoms with Crippen molar-refractivity contribution < 1.29 is 17.9 Å². The lowest BCUT2D eigenvalue weighted by molar-refractivity contribution is 0.0982. The van der Waals surface area contributed by atoms with Gasteiger partial charge in [0.25, 0.3) is 5.91 Å². The molecule has 0 bridgehead atoms. The Kier molecular flexibility index (Phi) is 3.93. The van der Waals surface area contributed by atoms with E-state index in [1.165, 1.54) is 11.3 Å². The van der Waals surface area contributed by atoms with Crippen LogP contribution in [0.5, 0.6) is 5.75 Å². The predicted molar refractivity (Wildman–Crippen MR) is 62.5 cm³/mol. The Labute approximate surface area is 98.5 Å². The Morgan fingerprint density at radius 1 is 1.56 bits per heavy atom. The van der Waals surface area contributed by atoms with Gasteiger partial charge in [0.15, 0.2) is 0 Å². The monoisotopic (exact) mass is 263 g/mol. The van der Waals surface area contributed by atoms with E-state index in [2.05, 4.69) is 0 Å². The van der Waals surface area contributed by atoms with Crippen LogP contribution in [-0.2, 0) is 10.0 Å². The molecule has 0 fully saturated rings. The Morgan fingerprint density at radius 3 is 2.69 bits per heavy atom. The fourth-order valence-electron chi connectivity index (χ4n) is 1.13. The highest BCUT2D eigenvalue weighted by Gasteiger charge is 2.18. The Balaban J connectivity index is 2.98. The maximum atomic E-state index is 11.6. The van der Waals surface area contributed by atoms with Crippen LogP contribution in [0.15, 0.2) is 6.07 Å². The summed E-state index contributed by atoms with van der Waals surface area (Å²) in [5.41, 5.74) is 0. The van der Waals surface area contributed by atoms with E-state index in [4.69, 9.17) is 4.74 Å². The van der Waals surface area contributed by atoms with Crippen molar-refractivity contribution in [1.29, 1.82) is 0 Å². The van der Waals surface area contributed by atoms with E-state index in [1.807, 2.05) is 11.6 Å². The number of sulfonamides is 1. The molecule has 1 heterocycles. The van der Waals surface area contributed by atoms with Gasteiger partial charge in [-0.15, -0.1) is 11.3 Å². The second-order valence-electron chi connectivity index (χ2n) is 3.19. The molecule has 1 aromatic rings. The zero-order valence-corrected chi connectivity index (χ0v) is 10.9. The van der Waals surface area contributed by atoms with Gasteiger partial charge in [-0.25, -0.2) is 13.1 Å². The highest BCUT2D eigenvalue weighted by Crippen LogP contribution is 2.28. The molecule has 0 aliphatic heterocycles. The summed E-state index contributed by atoms with van der Waals surface area (Å²) in [6, 6.07) is 1.71. The molecule has 0 unspecified atom stereocenters. The molecule has 0 aromatic carbocycles. The van der Waals surface area contributed by atoms with Crippen LogP contribution < -0.4 is 9.46 Å². The Morgan fingerprint density at radius 2 is 2.19 bits per heavy atom. The van der Waals surface area contributed by atoms with Crippen LogP contribution in [0.3, 0.4) is 0 Å². The molecule has 90 valence electrons. The number of amides is 1. The number of thiophene rings is 1. The summed E-state index contributed by atoms with van der Waals surface area (Å²) in [4.78, 5) is 12.8. The molecule has 1 rings (SSSR count). The minimum Gasteiger partial charge on any atom is -0.492 e. The second-order valence-corrected chi connectivity index (χ2v) is 6.19. The van der Waals surface area contributed by atoms with Crippen molar-refractivity contribution in [1.82, 2.24) is 4.72 Å². The van der Waals surface area contributed by atoms with Gasteiger partial charge >= 0.3 is 0 Å². The molecule has 1 aromatic heterocycles. The topological polar surface area (TPSA) is 72.5 Å². The van der Waals surface area contributed by atoms with Crippen molar-refractivity contribution in [2.45, 2.75) is 13.8 Å². The van der Waals surface area contributed by atoms with Crippen LogP contribution in [0.4, 0.5) is 0 Å². The fourth-order valence-corrected chi connectivity index (χ4v) is 2.48. The highest BCUT2D eigenvalue weighted by molar-refractivity contribution is 7.89. The van der Waals surface area contributed by atoms with Gasteiger partial charge in [-0.2, -0.15) is 0 Å². The first-order valence-electron chi connectivity index (χ1n) is 4.59. The first-order chi connectivity index (χ1) is 7.33. The van der Waals surface area contributed by atoms with Crippen LogP contribution in [0.2, 0.25) is 0 Å². The zero-order chi connectivity index (χ0) is 12.3. The van der Waals surface area contributed by atoms with Crippen LogP contribution in [0.1, 0.15) is 21.5 Å². The van der Waals surface area contributed by atoms with Gasteiger partial charge in [-0.05, 0) is 19.9 Å². The molecule has 0 aliphatic rings. The molecule has 0 saturated heterocycles. The summed E-state index contributed by atoms with van der Waals surface area (Å²) in [5, 5.41) is 0. The van der Waals surface area contributed by atoms with E-state index in [1.54, 1.807) is 13.0 Å². The minimum absolute atomic E-state index is 0.282. The third-order valence-electron chi connectivity index (χ3n) is 1.61. The van der Waals surface area contributed by atoms with E-state index in [0.717, 1.165) is 11.1 Å². The molecule has 1 amide bonds. The molecule has 1 N–H and O–H groups in total. The third-order valence-corrected chi connectivity index (χ3v) is 3.19. The Hall–Kier alpha value is -1.08. The smallest absolute Gasteiger partial charge is 0.278 e. The quantitative estimate of drug-likeness (QED) is 0.884. The van der Waals surface area contributed by atoms with E-state index >= 15 is 0 Å². The van der Waals surface area contributed by atoms with Gasteiger partial charge in [0, 0.05) is 4.88 Å². The third kappa shape index (κ3) is 3.49. The summed E-state index contributed by atoms with van der Waals surface area (Å²) in [5.74, 6) is -0.227. The number of aryl methyl sites for hydroxylation is 1. The summed E-state index contributed by atoms with van der Waals surface area (Å²) < 4.78 is 29.0. The van der Waals surface area contributed by atoms with Crippen LogP contribution in [-0.4, -0.2) is 27.2 Å². The van der Waals surface area contributed by atoms with E-state index in [-0.39, 0.29) is 4.88 Å². The van der Waals surface area contributed by atoms with Crippen molar-refractivity contribution in [3.63, 3.8) is 0 Å². The molecule has 0 saturated carbocycles. The van der Waals surface area contributed by atoms with Gasteiger partial charge in [0.05, 0.1) is 12.9 Å². The number of hydrogen-bond donors (Lipinski definition) is 1. The van der Waals surface area contributed by atoms with Gasteiger partial charge in [0.1, 0.15) is 10.6 Å². The van der Waals surface area contributed by atoms with Crippen molar-refractivity contribution in [3.05, 3.63) is 15.8 Å². The number of ether oxygens (including phenoxy) is 1. The number of carbonyl (C=O) groups is 1. The summed E-state index contributed by atoms with van der Waals surface area (Å²) >= 11 is 1.20. The molecule has 7 heteroatoms. The summed E-state index contributed by atoms with van der Waals surface area (Å²) in [7, 11) is -3.54. The molecule has 0 spiro atoms. The maximum absolute atomic E-state index is 11.6. The lowest BCUT2D eigenvalue weighted by Gasteiger charge is -2.04. The van der Waals surface area contributed by atoms with Gasteiger partial charge in [-0.1, -0.05) is 0 Å². The standard InChI is InChI=1S/C9H13NO4S2/c1-4-14-7-5-6(2)15-8(7)9(11)10-16(3,12)13/h5H,4H2,1-3H3,(H,10,11). The number of carbonyl (C=O) groups excluding carboxylic acids is 1. The first kappa shape index (κ1) is 13.0. The molecule has 0 atom stereocenters. The normalized spacial score (nSPS) is 11.2. The fraction of sp³-hybridized carbons (Fsp3) is 0.444. The zero-order valence-electron chi connectivity index (χ0n) is 9.23. The summed E-state index contributed by atoms with van der Waals surface area (Å²) in [6.07, 6.45) is 0.936. The number of nitrogens with one attached hydrogen (secondary N) is 1. The average Bonchev–Trinajstić information content (AvgIpc) is 2.44. The first-order valence-corrected chi connectivity index (χ1v) is 7.29. The van der Waals surface area contributed by atoms with E-state index in [0.29, 0.717) is 12.4 Å². The average molecular weight is 263 g/mol. The molecular weight excluding hydrogens is 250 g/mol. The van der Waals surface area contributed by atoms with Crippen molar-refractivity contribution >= 4 is 27.3 Å². The van der Waals surface area contributed by atoms with Gasteiger partial charge in [-0.3, -0.25) is 4.79 Å². The SMILES string of the molecule is CCOc1cc(C)sc1C(=O)NS(C)(=O)=O. The second kappa shape index (κ2) is 4.84. The summed E-state index contributed by atoms with van der Waals surface area (Å²) in [6.45, 7) is 4.05. The van der Waals surface area contributed by atoms with Gasteiger partial charge in [0.2, 0.25) is 10.0 Å². The predicted octanol–water partition coefficient (Wildman–Crippen LogP) is 1.14. The van der Waals surface area contributed by atoms with Gasteiger partial charge < -0.3 is 4.74 Å². The van der Waals surface area contributed by atoms with Crippen molar-refractivity contribution in [2.75, 3.05) is 12.9 Å². The van der Waals surface area contributed by atoms with Crippen LogP contribution in [0, 0.1) is 6.92 Å². The van der Waals surface area contributed by atoms with Crippen LogP contribution in [0.25, 0.3) is 0 Å². The highest BCUT2D eigenvalue weighted by atomic mass is 32.2. The molecule has 0 radical (unpaired) electrons. The van der Waals surface area contributed by atoms with E-state index < -0.39 is 15.9 Å². The maximum Gasteiger partial charge on any atom is 0.278 e. The van der Waals surface area contributed by atoms with Crippen molar-refractivity contribution in [2.24, 2.45) is 0 Å². The molecule has 5 nitrogen and oxygen atoms in total. The molecular formula is C9H13NO4S2.